The van der Waals surface area contributed by atoms with Gasteiger partial charge in [0.05, 0.1) is 12.7 Å². The van der Waals surface area contributed by atoms with E-state index in [-0.39, 0.29) is 0 Å². The van der Waals surface area contributed by atoms with Crippen LogP contribution in [0.4, 0.5) is 0 Å². The van der Waals surface area contributed by atoms with Crippen LogP contribution in [-0.4, -0.2) is 38.3 Å². The van der Waals surface area contributed by atoms with Crippen molar-refractivity contribution in [2.45, 2.75) is 45.1 Å². The van der Waals surface area contributed by atoms with E-state index in [9.17, 15) is 0 Å². The van der Waals surface area contributed by atoms with E-state index >= 15 is 0 Å². The lowest BCUT2D eigenvalue weighted by Gasteiger charge is -2.37. The van der Waals surface area contributed by atoms with E-state index in [0.717, 1.165) is 13.2 Å². The molecule has 1 saturated carbocycles. The third-order valence-corrected chi connectivity index (χ3v) is 4.58. The topological polar surface area (TPSA) is 12.5 Å². The largest absolute Gasteiger partial charge is 0.376 e. The first-order chi connectivity index (χ1) is 9.59. The van der Waals surface area contributed by atoms with Gasteiger partial charge in [-0.25, -0.2) is 0 Å². The third-order valence-electron chi connectivity index (χ3n) is 4.58. The molecular weight excluding hydrogens is 246 g/mol. The number of rotatable bonds is 5. The maximum Gasteiger partial charge on any atom is 0.0646 e. The summed E-state index contributed by atoms with van der Waals surface area (Å²) in [5.74, 6) is 1.28. The number of hydrogen-bond acceptors (Lipinski definition) is 2. The van der Waals surface area contributed by atoms with Gasteiger partial charge in [0.25, 0.3) is 0 Å². The molecule has 0 aliphatic heterocycles. The average Bonchev–Trinajstić information content (AvgIpc) is 2.40. The van der Waals surface area contributed by atoms with Crippen molar-refractivity contribution in [3.8, 4) is 0 Å². The van der Waals surface area contributed by atoms with Crippen LogP contribution >= 0.6 is 0 Å². The van der Waals surface area contributed by atoms with Gasteiger partial charge in [0.1, 0.15) is 0 Å². The molecule has 1 aliphatic rings. The van der Waals surface area contributed by atoms with Gasteiger partial charge in [0.2, 0.25) is 0 Å². The van der Waals surface area contributed by atoms with Crippen molar-refractivity contribution in [1.82, 2.24) is 4.90 Å². The van der Waals surface area contributed by atoms with Crippen molar-refractivity contribution in [2.24, 2.45) is 5.92 Å². The molecule has 0 heterocycles. The number of benzene rings is 1. The molecule has 0 N–H and O–H groups in total. The van der Waals surface area contributed by atoms with Crippen molar-refractivity contribution < 1.29 is 4.74 Å². The Morgan fingerprint density at radius 3 is 2.65 bits per heavy atom. The fourth-order valence-electron chi connectivity index (χ4n) is 3.41. The van der Waals surface area contributed by atoms with Gasteiger partial charge in [0, 0.05) is 12.5 Å². The van der Waals surface area contributed by atoms with Gasteiger partial charge >= 0.3 is 0 Å². The highest BCUT2D eigenvalue weighted by molar-refractivity contribution is 5.31. The summed E-state index contributed by atoms with van der Waals surface area (Å²) in [6.07, 6.45) is 4.22. The van der Waals surface area contributed by atoms with Crippen molar-refractivity contribution in [1.29, 1.82) is 0 Å². The molecule has 20 heavy (non-hydrogen) atoms. The highest BCUT2D eigenvalue weighted by atomic mass is 16.5. The number of aryl methyl sites for hydroxylation is 1. The van der Waals surface area contributed by atoms with Gasteiger partial charge in [-0.1, -0.05) is 37.6 Å². The molecule has 1 aliphatic carbocycles. The van der Waals surface area contributed by atoms with Crippen LogP contribution in [0.5, 0.6) is 0 Å². The Balaban J connectivity index is 2.10. The van der Waals surface area contributed by atoms with E-state index in [1.807, 2.05) is 0 Å². The molecule has 0 bridgehead atoms. The quantitative estimate of drug-likeness (QED) is 0.809. The fourth-order valence-corrected chi connectivity index (χ4v) is 3.41. The summed E-state index contributed by atoms with van der Waals surface area (Å²) < 4.78 is 6.24. The highest BCUT2D eigenvalue weighted by Gasteiger charge is 2.33. The van der Waals surface area contributed by atoms with Crippen LogP contribution in [0.1, 0.15) is 43.2 Å². The molecule has 3 atom stereocenters. The lowest BCUT2D eigenvalue weighted by atomic mass is 9.73. The predicted octanol–water partition coefficient (Wildman–Crippen LogP) is 3.85. The molecule has 1 aromatic carbocycles. The van der Waals surface area contributed by atoms with Crippen LogP contribution in [0, 0.1) is 12.8 Å². The second-order valence-corrected chi connectivity index (χ2v) is 6.50. The number of likely N-dealkylation sites (N-methyl/N-ethyl adjacent to an activating group) is 1. The summed E-state index contributed by atoms with van der Waals surface area (Å²) >= 11 is 0. The summed E-state index contributed by atoms with van der Waals surface area (Å²) in [5.41, 5.74) is 2.90. The molecular formula is C18H29NO. The van der Waals surface area contributed by atoms with Crippen molar-refractivity contribution in [3.05, 3.63) is 35.4 Å². The fraction of sp³-hybridized carbons (Fsp3) is 0.667. The molecule has 0 saturated heterocycles. The van der Waals surface area contributed by atoms with Crippen LogP contribution in [0.3, 0.4) is 0 Å². The Labute approximate surface area is 124 Å². The van der Waals surface area contributed by atoms with Gasteiger partial charge in [-0.15, -0.1) is 0 Å². The lowest BCUT2D eigenvalue weighted by molar-refractivity contribution is -0.00753. The summed E-state index contributed by atoms with van der Waals surface area (Å²) in [6.45, 7) is 6.46. The molecule has 2 rings (SSSR count). The Hall–Kier alpha value is -0.860. The Bertz CT molecular complexity index is 416. The summed E-state index contributed by atoms with van der Waals surface area (Å²) in [6, 6.07) is 8.83. The zero-order valence-corrected chi connectivity index (χ0v) is 13.4. The number of ether oxygens (including phenoxy) is 1. The van der Waals surface area contributed by atoms with Gasteiger partial charge in [0.15, 0.2) is 0 Å². The third kappa shape index (κ3) is 3.83. The summed E-state index contributed by atoms with van der Waals surface area (Å²) in [5, 5.41) is 0. The minimum atomic E-state index is 0.389. The zero-order valence-electron chi connectivity index (χ0n) is 13.4. The SMILES string of the molecule is Cc1ccccc1[C@@H]1[C@@H](C)CCC[C@H]1OCCN(C)C. The van der Waals surface area contributed by atoms with E-state index in [4.69, 9.17) is 4.74 Å². The van der Waals surface area contributed by atoms with E-state index in [2.05, 4.69) is 57.1 Å². The smallest absolute Gasteiger partial charge is 0.0646 e. The normalized spacial score (nSPS) is 26.9. The maximum atomic E-state index is 6.24. The molecule has 112 valence electrons. The Morgan fingerprint density at radius 1 is 1.20 bits per heavy atom. The molecule has 2 nitrogen and oxygen atoms in total. The molecule has 2 heteroatoms. The lowest BCUT2D eigenvalue weighted by Crippen LogP contribution is -2.33. The zero-order chi connectivity index (χ0) is 14.5. The minimum Gasteiger partial charge on any atom is -0.376 e. The van der Waals surface area contributed by atoms with Crippen LogP contribution in [0.25, 0.3) is 0 Å². The van der Waals surface area contributed by atoms with E-state index in [1.165, 1.54) is 30.4 Å². The monoisotopic (exact) mass is 275 g/mol. The van der Waals surface area contributed by atoms with Crippen LogP contribution in [0.15, 0.2) is 24.3 Å². The standard InChI is InChI=1S/C18H29NO/c1-14-8-5-6-10-16(14)18-15(2)9-7-11-17(18)20-13-12-19(3)4/h5-6,8,10,15,17-18H,7,9,11-13H2,1-4H3/t15-,17+,18-/m0/s1. The van der Waals surface area contributed by atoms with E-state index in [0.29, 0.717) is 17.9 Å². The van der Waals surface area contributed by atoms with Crippen molar-refractivity contribution in [2.75, 3.05) is 27.2 Å². The molecule has 0 amide bonds. The van der Waals surface area contributed by atoms with E-state index < -0.39 is 0 Å². The minimum absolute atomic E-state index is 0.389. The molecule has 0 aromatic heterocycles. The molecule has 0 unspecified atom stereocenters. The summed E-state index contributed by atoms with van der Waals surface area (Å²) in [7, 11) is 4.21. The molecule has 0 spiro atoms. The van der Waals surface area contributed by atoms with Crippen molar-refractivity contribution >= 4 is 0 Å². The number of hydrogen-bond donors (Lipinski definition) is 0. The van der Waals surface area contributed by atoms with Crippen LogP contribution < -0.4 is 0 Å². The van der Waals surface area contributed by atoms with Gasteiger partial charge < -0.3 is 9.64 Å². The molecule has 0 radical (unpaired) electrons. The first-order valence-electron chi connectivity index (χ1n) is 7.91. The first-order valence-corrected chi connectivity index (χ1v) is 7.91. The molecule has 1 aromatic rings. The number of nitrogens with zero attached hydrogens (tertiary/aromatic N) is 1. The molecule has 1 fully saturated rings. The van der Waals surface area contributed by atoms with E-state index in [1.54, 1.807) is 0 Å². The second-order valence-electron chi connectivity index (χ2n) is 6.50. The predicted molar refractivity (Wildman–Crippen MR) is 85.2 cm³/mol. The van der Waals surface area contributed by atoms with Crippen LogP contribution in [0.2, 0.25) is 0 Å². The van der Waals surface area contributed by atoms with Crippen molar-refractivity contribution in [3.63, 3.8) is 0 Å². The van der Waals surface area contributed by atoms with Gasteiger partial charge in [-0.05, 0) is 50.9 Å². The highest BCUT2D eigenvalue weighted by Crippen LogP contribution is 2.40. The Kier molecular flexibility index (Phi) is 5.62. The second kappa shape index (κ2) is 7.24. The van der Waals surface area contributed by atoms with Gasteiger partial charge in [-0.2, -0.15) is 0 Å². The summed E-state index contributed by atoms with van der Waals surface area (Å²) in [4.78, 5) is 2.19. The average molecular weight is 275 g/mol. The van der Waals surface area contributed by atoms with Gasteiger partial charge in [-0.3, -0.25) is 0 Å². The first kappa shape index (κ1) is 15.5. The van der Waals surface area contributed by atoms with Crippen LogP contribution in [-0.2, 0) is 4.74 Å². The maximum absolute atomic E-state index is 6.24. The Morgan fingerprint density at radius 2 is 1.95 bits per heavy atom.